The molecule has 0 unspecified atom stereocenters. The molecule has 1 aliphatic rings. The molecule has 0 bridgehead atoms. The molecule has 0 aromatic heterocycles. The van der Waals surface area contributed by atoms with Crippen molar-refractivity contribution < 1.29 is 4.79 Å². The maximum Gasteiger partial charge on any atom is 0.317 e. The van der Waals surface area contributed by atoms with E-state index in [4.69, 9.17) is 11.6 Å². The van der Waals surface area contributed by atoms with E-state index in [2.05, 4.69) is 42.3 Å². The molecule has 0 saturated carbocycles. The summed E-state index contributed by atoms with van der Waals surface area (Å²) in [7, 11) is 0. The number of aryl methyl sites for hydroxylation is 1. The van der Waals surface area contributed by atoms with Crippen LogP contribution >= 0.6 is 11.6 Å². The second kappa shape index (κ2) is 8.45. The van der Waals surface area contributed by atoms with E-state index >= 15 is 0 Å². The van der Waals surface area contributed by atoms with Gasteiger partial charge in [0, 0.05) is 43.4 Å². The number of carbonyl (C=O) groups is 1. The van der Waals surface area contributed by atoms with Crippen LogP contribution in [0.1, 0.15) is 16.7 Å². The van der Waals surface area contributed by atoms with Crippen LogP contribution in [0.2, 0.25) is 5.02 Å². The van der Waals surface area contributed by atoms with Gasteiger partial charge in [0.1, 0.15) is 0 Å². The summed E-state index contributed by atoms with van der Waals surface area (Å²) in [4.78, 5) is 16.7. The summed E-state index contributed by atoms with van der Waals surface area (Å²) in [6.45, 7) is 8.16. The first kappa shape index (κ1) is 18.6. The third-order valence-electron chi connectivity index (χ3n) is 5.06. The maximum atomic E-state index is 12.4. The third kappa shape index (κ3) is 4.50. The fraction of sp³-hybridized carbons (Fsp3) is 0.381. The molecule has 4 nitrogen and oxygen atoms in total. The molecular weight excluding hydrogens is 346 g/mol. The highest BCUT2D eigenvalue weighted by atomic mass is 35.5. The Labute approximate surface area is 160 Å². The molecule has 138 valence electrons. The van der Waals surface area contributed by atoms with Gasteiger partial charge in [0.05, 0.1) is 0 Å². The van der Waals surface area contributed by atoms with Gasteiger partial charge < -0.3 is 15.1 Å². The van der Waals surface area contributed by atoms with Crippen LogP contribution in [0, 0.1) is 13.8 Å². The molecule has 0 radical (unpaired) electrons. The number of rotatable bonds is 4. The summed E-state index contributed by atoms with van der Waals surface area (Å²) < 4.78 is 0. The van der Waals surface area contributed by atoms with E-state index in [0.717, 1.165) is 43.2 Å². The Morgan fingerprint density at radius 3 is 2.54 bits per heavy atom. The Kier molecular flexibility index (Phi) is 6.04. The minimum absolute atomic E-state index is 0.0210. The average Bonchev–Trinajstić information content (AvgIpc) is 2.64. The number of hydrogen-bond donors (Lipinski definition) is 1. The third-order valence-corrected chi connectivity index (χ3v) is 5.30. The van der Waals surface area contributed by atoms with E-state index in [9.17, 15) is 4.79 Å². The molecule has 2 amide bonds. The van der Waals surface area contributed by atoms with Crippen LogP contribution in [0.3, 0.4) is 0 Å². The van der Waals surface area contributed by atoms with Gasteiger partial charge in [-0.1, -0.05) is 35.9 Å². The molecule has 0 atom stereocenters. The fourth-order valence-corrected chi connectivity index (χ4v) is 3.56. The molecule has 1 heterocycles. The van der Waals surface area contributed by atoms with Crippen molar-refractivity contribution in [3.63, 3.8) is 0 Å². The number of hydrogen-bond acceptors (Lipinski definition) is 2. The lowest BCUT2D eigenvalue weighted by atomic mass is 10.1. The van der Waals surface area contributed by atoms with E-state index in [1.165, 1.54) is 16.8 Å². The van der Waals surface area contributed by atoms with E-state index < -0.39 is 0 Å². The molecule has 1 N–H and O–H groups in total. The van der Waals surface area contributed by atoms with Crippen molar-refractivity contribution in [1.82, 2.24) is 10.2 Å². The summed E-state index contributed by atoms with van der Waals surface area (Å²) >= 11 is 5.99. The monoisotopic (exact) mass is 371 g/mol. The van der Waals surface area contributed by atoms with Gasteiger partial charge in [-0.15, -0.1) is 0 Å². The highest BCUT2D eigenvalue weighted by molar-refractivity contribution is 6.30. The SMILES string of the molecule is Cc1cccc(N2CCN(C(=O)NCCc3cccc(Cl)c3)CC2)c1C. The first-order chi connectivity index (χ1) is 12.5. The molecule has 0 aliphatic carbocycles. The lowest BCUT2D eigenvalue weighted by Crippen LogP contribution is -2.52. The van der Waals surface area contributed by atoms with E-state index in [1.807, 2.05) is 29.2 Å². The van der Waals surface area contributed by atoms with Crippen molar-refractivity contribution in [3.05, 3.63) is 64.2 Å². The lowest BCUT2D eigenvalue weighted by molar-refractivity contribution is 0.194. The highest BCUT2D eigenvalue weighted by Gasteiger charge is 2.22. The van der Waals surface area contributed by atoms with Crippen molar-refractivity contribution in [2.24, 2.45) is 0 Å². The van der Waals surface area contributed by atoms with Crippen LogP contribution in [0.25, 0.3) is 0 Å². The number of anilines is 1. The number of nitrogens with one attached hydrogen (secondary N) is 1. The molecule has 1 aliphatic heterocycles. The van der Waals surface area contributed by atoms with Crippen molar-refractivity contribution in [2.75, 3.05) is 37.6 Å². The summed E-state index contributed by atoms with van der Waals surface area (Å²) in [6.07, 6.45) is 0.786. The van der Waals surface area contributed by atoms with Crippen molar-refractivity contribution in [1.29, 1.82) is 0 Å². The van der Waals surface area contributed by atoms with Crippen LogP contribution in [0.5, 0.6) is 0 Å². The van der Waals surface area contributed by atoms with E-state index in [1.54, 1.807) is 0 Å². The van der Waals surface area contributed by atoms with Crippen LogP contribution in [0.4, 0.5) is 10.5 Å². The van der Waals surface area contributed by atoms with E-state index in [0.29, 0.717) is 6.54 Å². The molecule has 0 spiro atoms. The molecule has 1 saturated heterocycles. The standard InChI is InChI=1S/C21H26ClN3O/c1-16-5-3-8-20(17(16)2)24-11-13-25(14-12-24)21(26)23-10-9-18-6-4-7-19(22)15-18/h3-8,15H,9-14H2,1-2H3,(H,23,26). The number of urea groups is 1. The molecule has 2 aromatic rings. The van der Waals surface area contributed by atoms with Crippen LogP contribution in [0.15, 0.2) is 42.5 Å². The maximum absolute atomic E-state index is 12.4. The second-order valence-corrected chi connectivity index (χ2v) is 7.24. The molecule has 26 heavy (non-hydrogen) atoms. The van der Waals surface area contributed by atoms with Crippen LogP contribution in [-0.2, 0) is 6.42 Å². The number of piperazine rings is 1. The Morgan fingerprint density at radius 1 is 1.08 bits per heavy atom. The summed E-state index contributed by atoms with van der Waals surface area (Å²) in [5.74, 6) is 0. The van der Waals surface area contributed by atoms with E-state index in [-0.39, 0.29) is 6.03 Å². The first-order valence-electron chi connectivity index (χ1n) is 9.13. The Bertz CT molecular complexity index is 770. The minimum Gasteiger partial charge on any atom is -0.368 e. The zero-order chi connectivity index (χ0) is 18.5. The largest absolute Gasteiger partial charge is 0.368 e. The highest BCUT2D eigenvalue weighted by Crippen LogP contribution is 2.23. The van der Waals surface area contributed by atoms with Gasteiger partial charge in [-0.25, -0.2) is 4.79 Å². The zero-order valence-corrected chi connectivity index (χ0v) is 16.2. The van der Waals surface area contributed by atoms with Crippen LogP contribution < -0.4 is 10.2 Å². The molecular formula is C21H26ClN3O. The van der Waals surface area contributed by atoms with Crippen LogP contribution in [-0.4, -0.2) is 43.7 Å². The number of benzene rings is 2. The van der Waals surface area contributed by atoms with Crippen molar-refractivity contribution in [2.45, 2.75) is 20.3 Å². The molecule has 1 fully saturated rings. The predicted octanol–water partition coefficient (Wildman–Crippen LogP) is 4.03. The average molecular weight is 372 g/mol. The summed E-state index contributed by atoms with van der Waals surface area (Å²) in [5.41, 5.74) is 5.05. The Morgan fingerprint density at radius 2 is 1.81 bits per heavy atom. The summed E-state index contributed by atoms with van der Waals surface area (Å²) in [6, 6.07) is 14.2. The van der Waals surface area contributed by atoms with Gasteiger partial charge >= 0.3 is 6.03 Å². The van der Waals surface area contributed by atoms with Gasteiger partial charge in [0.25, 0.3) is 0 Å². The fourth-order valence-electron chi connectivity index (χ4n) is 3.35. The zero-order valence-electron chi connectivity index (χ0n) is 15.5. The second-order valence-electron chi connectivity index (χ2n) is 6.80. The van der Waals surface area contributed by atoms with Crippen molar-refractivity contribution in [3.8, 4) is 0 Å². The smallest absolute Gasteiger partial charge is 0.317 e. The minimum atomic E-state index is 0.0210. The Balaban J connectivity index is 1.47. The van der Waals surface area contributed by atoms with Gasteiger partial charge in [-0.05, 0) is 55.2 Å². The number of carbonyl (C=O) groups excluding carboxylic acids is 1. The number of nitrogens with zero attached hydrogens (tertiary/aromatic N) is 2. The number of amides is 2. The lowest BCUT2D eigenvalue weighted by Gasteiger charge is -2.37. The molecule has 3 rings (SSSR count). The number of halogens is 1. The Hall–Kier alpha value is -2.20. The topological polar surface area (TPSA) is 35.6 Å². The van der Waals surface area contributed by atoms with Gasteiger partial charge in [0.2, 0.25) is 0 Å². The van der Waals surface area contributed by atoms with Gasteiger partial charge in [-0.3, -0.25) is 0 Å². The predicted molar refractivity (Wildman–Crippen MR) is 108 cm³/mol. The molecule has 2 aromatic carbocycles. The quantitative estimate of drug-likeness (QED) is 0.880. The first-order valence-corrected chi connectivity index (χ1v) is 9.51. The van der Waals surface area contributed by atoms with Gasteiger partial charge in [-0.2, -0.15) is 0 Å². The van der Waals surface area contributed by atoms with Crippen molar-refractivity contribution >= 4 is 23.3 Å². The molecule has 5 heteroatoms. The summed E-state index contributed by atoms with van der Waals surface area (Å²) in [5, 5.41) is 3.75. The normalized spacial score (nSPS) is 14.4. The van der Waals surface area contributed by atoms with Gasteiger partial charge in [0.15, 0.2) is 0 Å².